The van der Waals surface area contributed by atoms with E-state index in [2.05, 4.69) is 0 Å². The highest BCUT2D eigenvalue weighted by Crippen LogP contribution is 2.21. The van der Waals surface area contributed by atoms with Crippen molar-refractivity contribution >= 4 is 5.91 Å². The molecule has 0 aliphatic heterocycles. The summed E-state index contributed by atoms with van der Waals surface area (Å²) in [6.07, 6.45) is 3.79. The van der Waals surface area contributed by atoms with Crippen molar-refractivity contribution in [1.29, 1.82) is 0 Å². The third kappa shape index (κ3) is 3.81. The van der Waals surface area contributed by atoms with Crippen LogP contribution in [0.15, 0.2) is 42.7 Å². The number of carbonyl (C=O) groups is 1. The van der Waals surface area contributed by atoms with Crippen LogP contribution in [0.1, 0.15) is 22.8 Å². The molecule has 5 heteroatoms. The van der Waals surface area contributed by atoms with Crippen LogP contribution >= 0.6 is 0 Å². The standard InChI is InChI=1S/C18H24N2O3/c1-14-6-7-16(20-8-4-5-9-20)15(10-14)17(23)19(3)11-18(2,12-21)13-22/h4-10,21-22H,11-13H2,1-3H3. The van der Waals surface area contributed by atoms with E-state index in [-0.39, 0.29) is 25.7 Å². The Kier molecular flexibility index (Phi) is 5.23. The monoisotopic (exact) mass is 316 g/mol. The number of amides is 1. The molecular formula is C18H24N2O3. The maximum Gasteiger partial charge on any atom is 0.255 e. The van der Waals surface area contributed by atoms with Gasteiger partial charge in [0.2, 0.25) is 0 Å². The molecule has 124 valence electrons. The van der Waals surface area contributed by atoms with Crippen molar-refractivity contribution in [2.24, 2.45) is 5.41 Å². The number of aliphatic hydroxyl groups is 2. The predicted octanol–water partition coefficient (Wildman–Crippen LogP) is 1.85. The van der Waals surface area contributed by atoms with E-state index in [0.29, 0.717) is 5.56 Å². The molecule has 0 bridgehead atoms. The molecular weight excluding hydrogens is 292 g/mol. The fourth-order valence-corrected chi connectivity index (χ4v) is 2.54. The van der Waals surface area contributed by atoms with E-state index in [1.807, 2.05) is 54.2 Å². The van der Waals surface area contributed by atoms with Crippen molar-refractivity contribution < 1.29 is 15.0 Å². The van der Waals surface area contributed by atoms with Crippen molar-refractivity contribution in [1.82, 2.24) is 9.47 Å². The van der Waals surface area contributed by atoms with Crippen LogP contribution in [0.25, 0.3) is 5.69 Å². The number of aliphatic hydroxyl groups excluding tert-OH is 2. The second-order valence-corrected chi connectivity index (χ2v) is 6.40. The Labute approximate surface area is 136 Å². The summed E-state index contributed by atoms with van der Waals surface area (Å²) in [6, 6.07) is 9.58. The quantitative estimate of drug-likeness (QED) is 0.855. The van der Waals surface area contributed by atoms with Gasteiger partial charge in [-0.05, 0) is 31.2 Å². The van der Waals surface area contributed by atoms with Gasteiger partial charge in [0.25, 0.3) is 5.91 Å². The second kappa shape index (κ2) is 6.98. The second-order valence-electron chi connectivity index (χ2n) is 6.40. The van der Waals surface area contributed by atoms with Crippen LogP contribution in [0.5, 0.6) is 0 Å². The first-order valence-electron chi connectivity index (χ1n) is 7.61. The summed E-state index contributed by atoms with van der Waals surface area (Å²) in [5.74, 6) is -0.134. The minimum absolute atomic E-state index is 0.134. The van der Waals surface area contributed by atoms with Crippen molar-refractivity contribution in [2.45, 2.75) is 13.8 Å². The van der Waals surface area contributed by atoms with Gasteiger partial charge in [0.05, 0.1) is 24.5 Å². The van der Waals surface area contributed by atoms with E-state index in [0.717, 1.165) is 11.3 Å². The molecule has 0 atom stereocenters. The predicted molar refractivity (Wildman–Crippen MR) is 89.7 cm³/mol. The van der Waals surface area contributed by atoms with Crippen LogP contribution < -0.4 is 0 Å². The van der Waals surface area contributed by atoms with Gasteiger partial charge in [-0.1, -0.05) is 18.6 Å². The molecule has 0 saturated carbocycles. The molecule has 0 saturated heterocycles. The lowest BCUT2D eigenvalue weighted by Crippen LogP contribution is -2.41. The Bertz CT molecular complexity index is 661. The minimum Gasteiger partial charge on any atom is -0.396 e. The molecule has 0 spiro atoms. The number of nitrogens with zero attached hydrogens (tertiary/aromatic N) is 2. The molecule has 1 aromatic carbocycles. The fourth-order valence-electron chi connectivity index (χ4n) is 2.54. The maximum atomic E-state index is 12.9. The van der Waals surface area contributed by atoms with Gasteiger partial charge in [-0.2, -0.15) is 0 Å². The highest BCUT2D eigenvalue weighted by molar-refractivity contribution is 5.98. The average Bonchev–Trinajstić information content (AvgIpc) is 3.08. The molecule has 1 aromatic heterocycles. The zero-order valence-corrected chi connectivity index (χ0v) is 13.9. The van der Waals surface area contributed by atoms with E-state index >= 15 is 0 Å². The lowest BCUT2D eigenvalue weighted by molar-refractivity contribution is 0.0366. The normalized spacial score (nSPS) is 11.5. The number of aromatic nitrogens is 1. The number of hydrogen-bond donors (Lipinski definition) is 2. The molecule has 0 aliphatic carbocycles. The number of rotatable bonds is 6. The van der Waals surface area contributed by atoms with Gasteiger partial charge in [0.1, 0.15) is 0 Å². The molecule has 2 aromatic rings. The molecule has 0 aliphatic rings. The van der Waals surface area contributed by atoms with Gasteiger partial charge >= 0.3 is 0 Å². The molecule has 0 fully saturated rings. The largest absolute Gasteiger partial charge is 0.396 e. The van der Waals surface area contributed by atoms with E-state index in [4.69, 9.17) is 0 Å². The first kappa shape index (κ1) is 17.2. The Hall–Kier alpha value is -2.11. The highest BCUT2D eigenvalue weighted by atomic mass is 16.3. The van der Waals surface area contributed by atoms with Gasteiger partial charge in [0.15, 0.2) is 0 Å². The van der Waals surface area contributed by atoms with E-state index < -0.39 is 5.41 Å². The van der Waals surface area contributed by atoms with Crippen molar-refractivity contribution in [3.8, 4) is 5.69 Å². The van der Waals surface area contributed by atoms with Gasteiger partial charge in [0, 0.05) is 31.4 Å². The minimum atomic E-state index is -0.720. The first-order valence-corrected chi connectivity index (χ1v) is 7.61. The summed E-state index contributed by atoms with van der Waals surface area (Å²) in [7, 11) is 1.69. The van der Waals surface area contributed by atoms with Crippen molar-refractivity contribution in [2.75, 3.05) is 26.8 Å². The topological polar surface area (TPSA) is 65.7 Å². The van der Waals surface area contributed by atoms with Crippen molar-refractivity contribution in [3.63, 3.8) is 0 Å². The van der Waals surface area contributed by atoms with Crippen molar-refractivity contribution in [3.05, 3.63) is 53.9 Å². The SMILES string of the molecule is Cc1ccc(-n2cccc2)c(C(=O)N(C)CC(C)(CO)CO)c1. The van der Waals surface area contributed by atoms with Crippen LogP contribution in [-0.2, 0) is 0 Å². The number of aryl methyl sites for hydroxylation is 1. The Morgan fingerprint density at radius 2 is 1.83 bits per heavy atom. The van der Waals surface area contributed by atoms with Gasteiger partial charge in [-0.25, -0.2) is 0 Å². The van der Waals surface area contributed by atoms with Crippen LogP contribution in [0.4, 0.5) is 0 Å². The Balaban J connectivity index is 2.34. The lowest BCUT2D eigenvalue weighted by Gasteiger charge is -2.30. The Morgan fingerprint density at radius 3 is 2.39 bits per heavy atom. The zero-order chi connectivity index (χ0) is 17.0. The van der Waals surface area contributed by atoms with Crippen LogP contribution in [0.2, 0.25) is 0 Å². The average molecular weight is 316 g/mol. The van der Waals surface area contributed by atoms with Gasteiger partial charge < -0.3 is 19.7 Å². The molecule has 2 N–H and O–H groups in total. The fraction of sp³-hybridized carbons (Fsp3) is 0.389. The molecule has 2 rings (SSSR count). The third-order valence-electron chi connectivity index (χ3n) is 3.99. The first-order chi connectivity index (χ1) is 10.9. The summed E-state index contributed by atoms with van der Waals surface area (Å²) in [5.41, 5.74) is 1.70. The number of benzene rings is 1. The molecule has 0 unspecified atom stereocenters. The molecule has 0 radical (unpaired) electrons. The summed E-state index contributed by atoms with van der Waals surface area (Å²) in [5, 5.41) is 18.9. The Morgan fingerprint density at radius 1 is 1.22 bits per heavy atom. The number of carbonyl (C=O) groups excluding carboxylic acids is 1. The van der Waals surface area contributed by atoms with Crippen LogP contribution in [0.3, 0.4) is 0 Å². The summed E-state index contributed by atoms with van der Waals surface area (Å²) >= 11 is 0. The molecule has 5 nitrogen and oxygen atoms in total. The van der Waals surface area contributed by atoms with Crippen LogP contribution in [-0.4, -0.2) is 52.4 Å². The highest BCUT2D eigenvalue weighted by Gasteiger charge is 2.27. The van der Waals surface area contributed by atoms with E-state index in [1.165, 1.54) is 0 Å². The third-order valence-corrected chi connectivity index (χ3v) is 3.99. The van der Waals surface area contributed by atoms with Gasteiger partial charge in [-0.15, -0.1) is 0 Å². The lowest BCUT2D eigenvalue weighted by atomic mass is 9.92. The zero-order valence-electron chi connectivity index (χ0n) is 13.9. The molecule has 1 amide bonds. The smallest absolute Gasteiger partial charge is 0.255 e. The molecule has 1 heterocycles. The van der Waals surface area contributed by atoms with E-state index in [1.54, 1.807) is 18.9 Å². The van der Waals surface area contributed by atoms with Crippen LogP contribution in [0, 0.1) is 12.3 Å². The van der Waals surface area contributed by atoms with E-state index in [9.17, 15) is 15.0 Å². The summed E-state index contributed by atoms with van der Waals surface area (Å²) < 4.78 is 1.90. The number of hydrogen-bond acceptors (Lipinski definition) is 3. The maximum absolute atomic E-state index is 12.9. The summed E-state index contributed by atoms with van der Waals surface area (Å²) in [6.45, 7) is 3.61. The molecule has 23 heavy (non-hydrogen) atoms. The van der Waals surface area contributed by atoms with Gasteiger partial charge in [-0.3, -0.25) is 4.79 Å². The summed E-state index contributed by atoms with van der Waals surface area (Å²) in [4.78, 5) is 14.4.